The van der Waals surface area contributed by atoms with Gasteiger partial charge in [0.05, 0.1) is 10.7 Å². The quantitative estimate of drug-likeness (QED) is 0.880. The highest BCUT2D eigenvalue weighted by Crippen LogP contribution is 2.35. The minimum atomic E-state index is 0.302. The maximum atomic E-state index is 5.80. The molecule has 4 nitrogen and oxygen atoms in total. The zero-order valence-electron chi connectivity index (χ0n) is 8.54. The van der Waals surface area contributed by atoms with Gasteiger partial charge in [-0.2, -0.15) is 5.10 Å². The first-order chi connectivity index (χ1) is 7.11. The van der Waals surface area contributed by atoms with Crippen molar-refractivity contribution in [2.75, 3.05) is 5.73 Å². The van der Waals surface area contributed by atoms with Crippen LogP contribution >= 0.6 is 15.9 Å². The first-order valence-corrected chi connectivity index (χ1v) is 5.47. The number of H-pyrrole nitrogens is 1. The van der Waals surface area contributed by atoms with Crippen molar-refractivity contribution in [2.24, 2.45) is 0 Å². The van der Waals surface area contributed by atoms with Crippen LogP contribution in [0.4, 0.5) is 5.82 Å². The molecule has 0 aliphatic rings. The molecule has 2 heterocycles. The van der Waals surface area contributed by atoms with E-state index in [-0.39, 0.29) is 0 Å². The Kier molecular flexibility index (Phi) is 2.56. The summed E-state index contributed by atoms with van der Waals surface area (Å²) in [4.78, 5) is 0. The summed E-state index contributed by atoms with van der Waals surface area (Å²) in [5.74, 6) is 1.57. The van der Waals surface area contributed by atoms with E-state index in [1.54, 1.807) is 6.26 Å². The molecule has 0 spiro atoms. The summed E-state index contributed by atoms with van der Waals surface area (Å²) in [6.45, 7) is 4.14. The van der Waals surface area contributed by atoms with Gasteiger partial charge in [-0.25, -0.2) is 0 Å². The number of aromatic nitrogens is 2. The van der Waals surface area contributed by atoms with Crippen LogP contribution in [0.15, 0.2) is 21.2 Å². The van der Waals surface area contributed by atoms with Gasteiger partial charge in [0.15, 0.2) is 5.76 Å². The summed E-state index contributed by atoms with van der Waals surface area (Å²) in [5, 5.41) is 6.91. The van der Waals surface area contributed by atoms with Gasteiger partial charge in [0.1, 0.15) is 11.5 Å². The molecule has 15 heavy (non-hydrogen) atoms. The van der Waals surface area contributed by atoms with Crippen molar-refractivity contribution in [1.29, 1.82) is 0 Å². The average molecular weight is 270 g/mol. The van der Waals surface area contributed by atoms with Gasteiger partial charge in [-0.3, -0.25) is 5.10 Å². The van der Waals surface area contributed by atoms with Gasteiger partial charge in [-0.05, 0) is 27.9 Å². The number of nitrogens with zero attached hydrogens (tertiary/aromatic N) is 1. The zero-order chi connectivity index (χ0) is 11.0. The SMILES string of the molecule is CC(C)c1c(N)n[nH]c1-c1occc1Br. The molecular formula is C10H12BrN3O. The molecule has 2 aromatic heterocycles. The standard InChI is InChI=1S/C10H12BrN3O/c1-5(2)7-8(13-14-10(7)12)9-6(11)3-4-15-9/h3-5H,1-2H3,(H3,12,13,14). The Labute approximate surface area is 96.0 Å². The van der Waals surface area contributed by atoms with Crippen LogP contribution in [-0.4, -0.2) is 10.2 Å². The van der Waals surface area contributed by atoms with Crippen LogP contribution in [0.25, 0.3) is 11.5 Å². The Balaban J connectivity index is 2.59. The molecule has 0 aliphatic carbocycles. The molecule has 0 fully saturated rings. The highest BCUT2D eigenvalue weighted by Gasteiger charge is 2.19. The Morgan fingerprint density at radius 1 is 1.53 bits per heavy atom. The molecule has 2 aromatic rings. The smallest absolute Gasteiger partial charge is 0.166 e. The van der Waals surface area contributed by atoms with Crippen LogP contribution in [0.2, 0.25) is 0 Å². The molecule has 0 saturated carbocycles. The largest absolute Gasteiger partial charge is 0.461 e. The van der Waals surface area contributed by atoms with Crippen LogP contribution in [0.1, 0.15) is 25.3 Å². The lowest BCUT2D eigenvalue weighted by Gasteiger charge is -2.05. The Morgan fingerprint density at radius 3 is 2.80 bits per heavy atom. The van der Waals surface area contributed by atoms with Crippen molar-refractivity contribution in [1.82, 2.24) is 10.2 Å². The van der Waals surface area contributed by atoms with Crippen molar-refractivity contribution in [2.45, 2.75) is 19.8 Å². The molecule has 0 aromatic carbocycles. The lowest BCUT2D eigenvalue weighted by atomic mass is 10.0. The van der Waals surface area contributed by atoms with E-state index in [1.165, 1.54) is 0 Å². The van der Waals surface area contributed by atoms with Crippen molar-refractivity contribution in [3.05, 3.63) is 22.4 Å². The van der Waals surface area contributed by atoms with Crippen LogP contribution in [0.3, 0.4) is 0 Å². The van der Waals surface area contributed by atoms with E-state index in [2.05, 4.69) is 40.0 Å². The summed E-state index contributed by atoms with van der Waals surface area (Å²) < 4.78 is 6.28. The Morgan fingerprint density at radius 2 is 2.27 bits per heavy atom. The van der Waals surface area contributed by atoms with Crippen LogP contribution < -0.4 is 5.73 Å². The zero-order valence-corrected chi connectivity index (χ0v) is 10.1. The molecule has 80 valence electrons. The maximum Gasteiger partial charge on any atom is 0.166 e. The van der Waals surface area contributed by atoms with E-state index in [0.29, 0.717) is 11.7 Å². The average Bonchev–Trinajstić information content (AvgIpc) is 2.71. The summed E-state index contributed by atoms with van der Waals surface area (Å²) in [7, 11) is 0. The topological polar surface area (TPSA) is 67.8 Å². The van der Waals surface area contributed by atoms with E-state index in [0.717, 1.165) is 21.5 Å². The van der Waals surface area contributed by atoms with Crippen molar-refractivity contribution >= 4 is 21.7 Å². The predicted octanol–water partition coefficient (Wildman–Crippen LogP) is 3.14. The summed E-state index contributed by atoms with van der Waals surface area (Å²) in [5.41, 5.74) is 7.64. The second-order valence-corrected chi connectivity index (χ2v) is 4.50. The Hall–Kier alpha value is -1.23. The molecule has 0 saturated heterocycles. The van der Waals surface area contributed by atoms with Gasteiger partial charge in [0.25, 0.3) is 0 Å². The van der Waals surface area contributed by atoms with Crippen LogP contribution in [0, 0.1) is 0 Å². The lowest BCUT2D eigenvalue weighted by molar-refractivity contribution is 0.577. The third kappa shape index (κ3) is 1.67. The first kappa shape index (κ1) is 10.3. The number of nitrogen functional groups attached to an aromatic ring is 1. The van der Waals surface area contributed by atoms with Crippen LogP contribution in [0.5, 0.6) is 0 Å². The van der Waals surface area contributed by atoms with Gasteiger partial charge < -0.3 is 10.2 Å². The summed E-state index contributed by atoms with van der Waals surface area (Å²) in [6.07, 6.45) is 1.63. The third-order valence-electron chi connectivity index (χ3n) is 2.26. The number of rotatable bonds is 2. The molecule has 5 heteroatoms. The molecule has 0 aliphatic heterocycles. The maximum absolute atomic E-state index is 5.80. The molecule has 0 atom stereocenters. The van der Waals surface area contributed by atoms with E-state index in [1.807, 2.05) is 6.07 Å². The Bertz CT molecular complexity index is 473. The van der Waals surface area contributed by atoms with Crippen molar-refractivity contribution < 1.29 is 4.42 Å². The predicted molar refractivity (Wildman–Crippen MR) is 62.5 cm³/mol. The number of nitrogens with one attached hydrogen (secondary N) is 1. The number of anilines is 1. The monoisotopic (exact) mass is 269 g/mol. The molecule has 0 unspecified atom stereocenters. The molecule has 0 radical (unpaired) electrons. The van der Waals surface area contributed by atoms with E-state index in [4.69, 9.17) is 10.2 Å². The number of aromatic amines is 1. The fraction of sp³-hybridized carbons (Fsp3) is 0.300. The van der Waals surface area contributed by atoms with Gasteiger partial charge in [-0.1, -0.05) is 13.8 Å². The number of hydrogen-bond acceptors (Lipinski definition) is 3. The second-order valence-electron chi connectivity index (χ2n) is 3.65. The van der Waals surface area contributed by atoms with Crippen molar-refractivity contribution in [3.63, 3.8) is 0 Å². The third-order valence-corrected chi connectivity index (χ3v) is 2.88. The first-order valence-electron chi connectivity index (χ1n) is 4.68. The van der Waals surface area contributed by atoms with Crippen molar-refractivity contribution in [3.8, 4) is 11.5 Å². The van der Waals surface area contributed by atoms with Gasteiger partial charge in [-0.15, -0.1) is 0 Å². The number of halogens is 1. The summed E-state index contributed by atoms with van der Waals surface area (Å²) in [6, 6.07) is 1.84. The number of hydrogen-bond donors (Lipinski definition) is 2. The normalized spacial score (nSPS) is 11.2. The second kappa shape index (κ2) is 3.73. The molecule has 0 amide bonds. The summed E-state index contributed by atoms with van der Waals surface area (Å²) >= 11 is 3.41. The van der Waals surface area contributed by atoms with E-state index >= 15 is 0 Å². The highest BCUT2D eigenvalue weighted by molar-refractivity contribution is 9.10. The van der Waals surface area contributed by atoms with Gasteiger partial charge >= 0.3 is 0 Å². The minimum Gasteiger partial charge on any atom is -0.461 e. The van der Waals surface area contributed by atoms with E-state index in [9.17, 15) is 0 Å². The molecule has 2 rings (SSSR count). The molecular weight excluding hydrogens is 258 g/mol. The molecule has 0 bridgehead atoms. The van der Waals surface area contributed by atoms with Crippen LogP contribution in [-0.2, 0) is 0 Å². The number of furan rings is 1. The fourth-order valence-corrected chi connectivity index (χ4v) is 1.99. The highest BCUT2D eigenvalue weighted by atomic mass is 79.9. The fourth-order valence-electron chi connectivity index (χ4n) is 1.59. The van der Waals surface area contributed by atoms with Gasteiger partial charge in [0.2, 0.25) is 0 Å². The number of nitrogens with two attached hydrogens (primary N) is 1. The lowest BCUT2D eigenvalue weighted by Crippen LogP contribution is -1.94. The van der Waals surface area contributed by atoms with E-state index < -0.39 is 0 Å². The van der Waals surface area contributed by atoms with Gasteiger partial charge in [0, 0.05) is 5.56 Å². The minimum absolute atomic E-state index is 0.302. The molecule has 3 N–H and O–H groups in total.